The first kappa shape index (κ1) is 15.2. The summed E-state index contributed by atoms with van der Waals surface area (Å²) in [5.74, 6) is 0.138. The Morgan fingerprint density at radius 2 is 2.19 bits per heavy atom. The van der Waals surface area contributed by atoms with Crippen LogP contribution in [0.15, 0.2) is 36.4 Å². The van der Waals surface area contributed by atoms with Crippen molar-refractivity contribution < 1.29 is 9.72 Å². The number of hydrogen-bond acceptors (Lipinski definition) is 3. The number of allylic oxidation sites excluding steroid dienone is 2. The van der Waals surface area contributed by atoms with Crippen molar-refractivity contribution in [3.63, 3.8) is 0 Å². The summed E-state index contributed by atoms with van der Waals surface area (Å²) < 4.78 is 0. The Labute approximate surface area is 124 Å². The third kappa shape index (κ3) is 3.48. The van der Waals surface area contributed by atoms with Crippen molar-refractivity contribution >= 4 is 11.6 Å². The first-order valence-corrected chi connectivity index (χ1v) is 7.16. The molecule has 1 amide bonds. The van der Waals surface area contributed by atoms with Crippen LogP contribution in [0.4, 0.5) is 5.69 Å². The van der Waals surface area contributed by atoms with E-state index in [1.54, 1.807) is 18.0 Å². The van der Waals surface area contributed by atoms with E-state index in [9.17, 15) is 14.9 Å². The third-order valence-electron chi connectivity index (χ3n) is 4.11. The van der Waals surface area contributed by atoms with Crippen molar-refractivity contribution in [1.29, 1.82) is 0 Å². The van der Waals surface area contributed by atoms with E-state index in [0.29, 0.717) is 0 Å². The quantitative estimate of drug-likeness (QED) is 0.484. The molecular formula is C16H20N2O3. The van der Waals surface area contributed by atoms with Crippen LogP contribution in [0.3, 0.4) is 0 Å². The topological polar surface area (TPSA) is 63.5 Å². The minimum atomic E-state index is -0.413. The van der Waals surface area contributed by atoms with Crippen LogP contribution < -0.4 is 0 Å². The monoisotopic (exact) mass is 288 g/mol. The van der Waals surface area contributed by atoms with Gasteiger partial charge in [0.25, 0.3) is 5.69 Å². The van der Waals surface area contributed by atoms with Gasteiger partial charge in [-0.1, -0.05) is 24.3 Å². The van der Waals surface area contributed by atoms with Crippen molar-refractivity contribution in [2.75, 3.05) is 7.05 Å². The average Bonchev–Trinajstić information content (AvgIpc) is 2.53. The van der Waals surface area contributed by atoms with E-state index in [1.165, 1.54) is 12.1 Å². The minimum Gasteiger partial charge on any atom is -0.339 e. The molecule has 1 aromatic carbocycles. The summed E-state index contributed by atoms with van der Waals surface area (Å²) in [4.78, 5) is 24.6. The van der Waals surface area contributed by atoms with Gasteiger partial charge in [-0.15, -0.1) is 0 Å². The smallest absolute Gasteiger partial charge is 0.269 e. The van der Waals surface area contributed by atoms with Crippen LogP contribution in [0, 0.1) is 16.0 Å². The number of carbonyl (C=O) groups is 1. The van der Waals surface area contributed by atoms with Gasteiger partial charge in [-0.05, 0) is 31.7 Å². The van der Waals surface area contributed by atoms with E-state index >= 15 is 0 Å². The number of benzene rings is 1. The zero-order valence-electron chi connectivity index (χ0n) is 12.4. The molecule has 0 aliphatic heterocycles. The van der Waals surface area contributed by atoms with E-state index in [1.807, 2.05) is 13.0 Å². The second-order valence-corrected chi connectivity index (χ2v) is 5.46. The molecule has 5 heteroatoms. The maximum Gasteiger partial charge on any atom is 0.269 e. The second kappa shape index (κ2) is 6.52. The van der Waals surface area contributed by atoms with Crippen molar-refractivity contribution in [3.8, 4) is 0 Å². The van der Waals surface area contributed by atoms with E-state index in [2.05, 4.69) is 12.2 Å². The van der Waals surface area contributed by atoms with Crippen LogP contribution in [-0.4, -0.2) is 22.8 Å². The molecule has 2 rings (SSSR count). The van der Waals surface area contributed by atoms with Gasteiger partial charge < -0.3 is 4.90 Å². The highest BCUT2D eigenvalue weighted by Crippen LogP contribution is 2.27. The van der Waals surface area contributed by atoms with Gasteiger partial charge >= 0.3 is 0 Å². The van der Waals surface area contributed by atoms with Gasteiger partial charge in [0.1, 0.15) is 0 Å². The number of amides is 1. The van der Waals surface area contributed by atoms with E-state index in [-0.39, 0.29) is 23.6 Å². The molecule has 1 aliphatic rings. The molecule has 0 saturated heterocycles. The molecule has 1 aromatic rings. The van der Waals surface area contributed by atoms with E-state index < -0.39 is 4.92 Å². The van der Waals surface area contributed by atoms with Crippen LogP contribution in [0.25, 0.3) is 0 Å². The van der Waals surface area contributed by atoms with E-state index in [0.717, 1.165) is 24.8 Å². The zero-order chi connectivity index (χ0) is 15.4. The van der Waals surface area contributed by atoms with Crippen LogP contribution >= 0.6 is 0 Å². The summed E-state index contributed by atoms with van der Waals surface area (Å²) in [6.07, 6.45) is 6.76. The predicted molar refractivity (Wildman–Crippen MR) is 80.8 cm³/mol. The Balaban J connectivity index is 2.12. The van der Waals surface area contributed by atoms with Crippen LogP contribution in [-0.2, 0) is 4.79 Å². The fourth-order valence-electron chi connectivity index (χ4n) is 2.62. The molecule has 0 radical (unpaired) electrons. The minimum absolute atomic E-state index is 0.0288. The SMILES string of the molecule is C[C@H](c1cccc([N+](=O)[O-])c1)N(C)C(=O)[C@H]1CC=CCC1. The van der Waals surface area contributed by atoms with E-state index in [4.69, 9.17) is 0 Å². The lowest BCUT2D eigenvalue weighted by atomic mass is 9.92. The first-order chi connectivity index (χ1) is 10.0. The number of nitro benzene ring substituents is 1. The number of rotatable bonds is 4. The van der Waals surface area contributed by atoms with Crippen molar-refractivity contribution in [1.82, 2.24) is 4.90 Å². The standard InChI is InChI=1S/C16H20N2O3/c1-12(14-9-6-10-15(11-14)18(20)21)17(2)16(19)13-7-4-3-5-8-13/h3-4,6,9-13H,5,7-8H2,1-2H3/t12-,13+/m1/s1. The van der Waals surface area contributed by atoms with Gasteiger partial charge in [-0.2, -0.15) is 0 Å². The molecule has 0 fully saturated rings. The predicted octanol–water partition coefficient (Wildman–Crippen LogP) is 3.47. The number of nitrogens with zero attached hydrogens (tertiary/aromatic N) is 2. The van der Waals surface area contributed by atoms with Gasteiger partial charge in [-0.3, -0.25) is 14.9 Å². The molecule has 21 heavy (non-hydrogen) atoms. The molecule has 0 N–H and O–H groups in total. The lowest BCUT2D eigenvalue weighted by Crippen LogP contribution is -2.35. The lowest BCUT2D eigenvalue weighted by molar-refractivity contribution is -0.384. The molecule has 112 valence electrons. The molecule has 0 heterocycles. The highest BCUT2D eigenvalue weighted by molar-refractivity contribution is 5.79. The maximum absolute atomic E-state index is 12.5. The fourth-order valence-corrected chi connectivity index (χ4v) is 2.62. The molecule has 1 aliphatic carbocycles. The van der Waals surface area contributed by atoms with Gasteiger partial charge in [-0.25, -0.2) is 0 Å². The Morgan fingerprint density at radius 1 is 1.43 bits per heavy atom. The van der Waals surface area contributed by atoms with Crippen LogP contribution in [0.5, 0.6) is 0 Å². The number of hydrogen-bond donors (Lipinski definition) is 0. The normalized spacial score (nSPS) is 19.0. The summed E-state index contributed by atoms with van der Waals surface area (Å²) in [6.45, 7) is 1.90. The number of nitro groups is 1. The number of non-ortho nitro benzene ring substituents is 1. The van der Waals surface area contributed by atoms with Gasteiger partial charge in [0.15, 0.2) is 0 Å². The molecule has 0 bridgehead atoms. The second-order valence-electron chi connectivity index (χ2n) is 5.46. The molecule has 0 unspecified atom stereocenters. The Morgan fingerprint density at radius 3 is 2.81 bits per heavy atom. The Kier molecular flexibility index (Phi) is 4.73. The highest BCUT2D eigenvalue weighted by Gasteiger charge is 2.26. The van der Waals surface area contributed by atoms with Gasteiger partial charge in [0, 0.05) is 25.1 Å². The molecule has 2 atom stereocenters. The summed E-state index contributed by atoms with van der Waals surface area (Å²) in [7, 11) is 1.77. The van der Waals surface area contributed by atoms with Gasteiger partial charge in [0.05, 0.1) is 11.0 Å². The van der Waals surface area contributed by atoms with Gasteiger partial charge in [0.2, 0.25) is 5.91 Å². The molecular weight excluding hydrogens is 268 g/mol. The summed E-state index contributed by atoms with van der Waals surface area (Å²) in [5.41, 5.74) is 0.840. The third-order valence-corrected chi connectivity index (χ3v) is 4.11. The first-order valence-electron chi connectivity index (χ1n) is 7.16. The lowest BCUT2D eigenvalue weighted by Gasteiger charge is -2.29. The van der Waals surface area contributed by atoms with Crippen molar-refractivity contribution in [2.45, 2.75) is 32.2 Å². The largest absolute Gasteiger partial charge is 0.339 e. The average molecular weight is 288 g/mol. The summed E-state index contributed by atoms with van der Waals surface area (Å²) in [6, 6.07) is 6.30. The Hall–Kier alpha value is -2.17. The zero-order valence-corrected chi connectivity index (χ0v) is 12.4. The summed E-state index contributed by atoms with van der Waals surface area (Å²) >= 11 is 0. The molecule has 0 saturated carbocycles. The number of carbonyl (C=O) groups excluding carboxylic acids is 1. The molecule has 5 nitrogen and oxygen atoms in total. The molecule has 0 spiro atoms. The van der Waals surface area contributed by atoms with Crippen molar-refractivity contribution in [3.05, 3.63) is 52.1 Å². The van der Waals surface area contributed by atoms with Crippen LogP contribution in [0.1, 0.15) is 37.8 Å². The van der Waals surface area contributed by atoms with Crippen molar-refractivity contribution in [2.24, 2.45) is 5.92 Å². The maximum atomic E-state index is 12.5. The molecule has 0 aromatic heterocycles. The fraction of sp³-hybridized carbons (Fsp3) is 0.438. The highest BCUT2D eigenvalue weighted by atomic mass is 16.6. The Bertz CT molecular complexity index is 568. The van der Waals surface area contributed by atoms with Crippen LogP contribution in [0.2, 0.25) is 0 Å². The summed E-state index contributed by atoms with van der Waals surface area (Å²) in [5, 5.41) is 10.8.